The molecular formula is C27H25NO4. The topological polar surface area (TPSA) is 64.6 Å². The number of esters is 1. The number of alkyl carbamates (subject to hydrolysis) is 1. The molecular weight excluding hydrogens is 402 g/mol. The molecule has 0 saturated carbocycles. The number of hydrogen-bond donors (Lipinski definition) is 1. The van der Waals surface area contributed by atoms with E-state index < -0.39 is 12.1 Å². The van der Waals surface area contributed by atoms with Crippen molar-refractivity contribution in [1.29, 1.82) is 0 Å². The van der Waals surface area contributed by atoms with E-state index in [4.69, 9.17) is 9.47 Å². The molecule has 1 atom stereocenters. The van der Waals surface area contributed by atoms with Crippen LogP contribution in [-0.2, 0) is 20.9 Å². The lowest BCUT2D eigenvalue weighted by molar-refractivity contribution is -0.139. The summed E-state index contributed by atoms with van der Waals surface area (Å²) in [6.45, 7) is 2.22. The third-order valence-corrected chi connectivity index (χ3v) is 5.43. The van der Waals surface area contributed by atoms with Gasteiger partial charge in [-0.3, -0.25) is 0 Å². The highest BCUT2D eigenvalue weighted by Gasteiger charge is 2.29. The smallest absolute Gasteiger partial charge is 0.407 e. The summed E-state index contributed by atoms with van der Waals surface area (Å²) in [5.74, 6) is -0.456. The predicted molar refractivity (Wildman–Crippen MR) is 123 cm³/mol. The molecule has 0 radical (unpaired) electrons. The van der Waals surface area contributed by atoms with Crippen LogP contribution >= 0.6 is 0 Å². The van der Waals surface area contributed by atoms with E-state index in [9.17, 15) is 9.59 Å². The Bertz CT molecular complexity index is 1080. The third-order valence-electron chi connectivity index (χ3n) is 5.43. The highest BCUT2D eigenvalue weighted by Crippen LogP contribution is 2.44. The van der Waals surface area contributed by atoms with Gasteiger partial charge in [-0.25, -0.2) is 9.59 Å². The molecule has 0 heterocycles. The van der Waals surface area contributed by atoms with Crippen molar-refractivity contribution < 1.29 is 19.1 Å². The van der Waals surface area contributed by atoms with Gasteiger partial charge in [-0.05, 0) is 34.7 Å². The van der Waals surface area contributed by atoms with Gasteiger partial charge in [0.1, 0.15) is 13.2 Å². The molecule has 0 fully saturated rings. The van der Waals surface area contributed by atoms with Crippen LogP contribution in [0.2, 0.25) is 0 Å². The number of ether oxygens (including phenoxy) is 2. The van der Waals surface area contributed by atoms with E-state index in [2.05, 4.69) is 29.6 Å². The maximum absolute atomic E-state index is 12.3. The normalized spacial score (nSPS) is 13.3. The SMILES string of the molecule is C[C@@H](C=CC(=O)OCc1ccccc1)NC(=O)OCC1c2ccccc2-c2ccccc21. The average Bonchev–Trinajstić information content (AvgIpc) is 3.14. The molecule has 1 amide bonds. The molecule has 0 spiro atoms. The predicted octanol–water partition coefficient (Wildman–Crippen LogP) is 5.21. The second-order valence-corrected chi connectivity index (χ2v) is 7.71. The lowest BCUT2D eigenvalue weighted by atomic mass is 9.98. The summed E-state index contributed by atoms with van der Waals surface area (Å²) in [4.78, 5) is 24.2. The maximum Gasteiger partial charge on any atom is 0.407 e. The van der Waals surface area contributed by atoms with Gasteiger partial charge >= 0.3 is 12.1 Å². The van der Waals surface area contributed by atoms with Gasteiger partial charge in [0.15, 0.2) is 0 Å². The standard InChI is InChI=1S/C27H25NO4/c1-19(15-16-26(29)31-17-20-9-3-2-4-10-20)28-27(30)32-18-25-23-13-7-5-11-21(23)22-12-6-8-14-24(22)25/h2-16,19,25H,17-18H2,1H3,(H,28,30)/t19-/m0/s1. The third kappa shape index (κ3) is 5.06. The van der Waals surface area contributed by atoms with Crippen LogP contribution in [0.15, 0.2) is 91.0 Å². The van der Waals surface area contributed by atoms with Crippen molar-refractivity contribution in [1.82, 2.24) is 5.32 Å². The van der Waals surface area contributed by atoms with Gasteiger partial charge in [-0.15, -0.1) is 0 Å². The lowest BCUT2D eigenvalue weighted by Crippen LogP contribution is -2.32. The van der Waals surface area contributed by atoms with Crippen molar-refractivity contribution >= 4 is 12.1 Å². The molecule has 1 N–H and O–H groups in total. The summed E-state index contributed by atoms with van der Waals surface area (Å²) in [6, 6.07) is 25.5. The number of nitrogens with one attached hydrogen (secondary N) is 1. The Hall–Kier alpha value is -3.86. The summed E-state index contributed by atoms with van der Waals surface area (Å²) >= 11 is 0. The van der Waals surface area contributed by atoms with Crippen molar-refractivity contribution in [2.75, 3.05) is 6.61 Å². The molecule has 5 nitrogen and oxygen atoms in total. The number of benzene rings is 3. The highest BCUT2D eigenvalue weighted by molar-refractivity contribution is 5.82. The Morgan fingerprint density at radius 1 is 0.875 bits per heavy atom. The monoisotopic (exact) mass is 427 g/mol. The zero-order valence-corrected chi connectivity index (χ0v) is 17.9. The minimum absolute atomic E-state index is 0.00645. The minimum atomic E-state index is -0.526. The fourth-order valence-electron chi connectivity index (χ4n) is 3.87. The number of hydrogen-bond acceptors (Lipinski definition) is 4. The van der Waals surface area contributed by atoms with Crippen LogP contribution in [0, 0.1) is 0 Å². The largest absolute Gasteiger partial charge is 0.458 e. The van der Waals surface area contributed by atoms with Crippen LogP contribution < -0.4 is 5.32 Å². The molecule has 4 rings (SSSR count). The second kappa shape index (κ2) is 9.96. The van der Waals surface area contributed by atoms with E-state index in [1.54, 1.807) is 13.0 Å². The van der Waals surface area contributed by atoms with Gasteiger partial charge in [0, 0.05) is 18.0 Å². The molecule has 0 bridgehead atoms. The van der Waals surface area contributed by atoms with Crippen LogP contribution in [0.1, 0.15) is 29.5 Å². The fourth-order valence-corrected chi connectivity index (χ4v) is 3.87. The van der Waals surface area contributed by atoms with Gasteiger partial charge in [-0.1, -0.05) is 84.9 Å². The van der Waals surface area contributed by atoms with E-state index in [0.717, 1.165) is 16.7 Å². The quantitative estimate of drug-likeness (QED) is 0.415. The first-order valence-electron chi connectivity index (χ1n) is 10.6. The Labute approximate surface area is 187 Å². The van der Waals surface area contributed by atoms with Crippen LogP contribution in [0.4, 0.5) is 4.79 Å². The van der Waals surface area contributed by atoms with Crippen molar-refractivity contribution in [3.63, 3.8) is 0 Å². The van der Waals surface area contributed by atoms with Gasteiger partial charge < -0.3 is 14.8 Å². The van der Waals surface area contributed by atoms with Crippen LogP contribution in [0.3, 0.4) is 0 Å². The fraction of sp³-hybridized carbons (Fsp3) is 0.185. The van der Waals surface area contributed by atoms with Crippen LogP contribution in [0.25, 0.3) is 11.1 Å². The molecule has 0 saturated heterocycles. The second-order valence-electron chi connectivity index (χ2n) is 7.71. The van der Waals surface area contributed by atoms with E-state index >= 15 is 0 Å². The molecule has 1 aliphatic carbocycles. The number of fused-ring (bicyclic) bond motifs is 3. The number of amides is 1. The molecule has 162 valence electrons. The van der Waals surface area contributed by atoms with Crippen molar-refractivity contribution in [3.8, 4) is 11.1 Å². The zero-order valence-electron chi connectivity index (χ0n) is 17.9. The molecule has 3 aromatic rings. The Morgan fingerprint density at radius 3 is 2.12 bits per heavy atom. The Morgan fingerprint density at radius 2 is 1.47 bits per heavy atom. The van der Waals surface area contributed by atoms with Crippen LogP contribution in [0.5, 0.6) is 0 Å². The summed E-state index contributed by atoms with van der Waals surface area (Å²) in [7, 11) is 0. The summed E-state index contributed by atoms with van der Waals surface area (Å²) in [5.41, 5.74) is 5.61. The first-order chi connectivity index (χ1) is 15.6. The minimum Gasteiger partial charge on any atom is -0.458 e. The van der Waals surface area contributed by atoms with Crippen molar-refractivity contribution in [3.05, 3.63) is 108 Å². The Kier molecular flexibility index (Phi) is 6.66. The van der Waals surface area contributed by atoms with E-state index in [1.807, 2.05) is 54.6 Å². The number of carbonyl (C=O) groups is 2. The summed E-state index contributed by atoms with van der Waals surface area (Å²) in [5, 5.41) is 2.73. The first kappa shape index (κ1) is 21.4. The molecule has 5 heteroatoms. The van der Waals surface area contributed by atoms with Gasteiger partial charge in [0.2, 0.25) is 0 Å². The highest BCUT2D eigenvalue weighted by atomic mass is 16.5. The number of carbonyl (C=O) groups excluding carboxylic acids is 2. The molecule has 32 heavy (non-hydrogen) atoms. The van der Waals surface area contributed by atoms with E-state index in [-0.39, 0.29) is 25.2 Å². The van der Waals surface area contributed by atoms with Gasteiger partial charge in [0.25, 0.3) is 0 Å². The molecule has 1 aliphatic rings. The zero-order chi connectivity index (χ0) is 22.3. The van der Waals surface area contributed by atoms with E-state index in [1.165, 1.54) is 17.2 Å². The summed E-state index contributed by atoms with van der Waals surface area (Å²) in [6.07, 6.45) is 2.37. The molecule has 0 aliphatic heterocycles. The summed E-state index contributed by atoms with van der Waals surface area (Å²) < 4.78 is 10.7. The van der Waals surface area contributed by atoms with Crippen LogP contribution in [-0.4, -0.2) is 24.7 Å². The Balaban J connectivity index is 1.27. The van der Waals surface area contributed by atoms with E-state index in [0.29, 0.717) is 0 Å². The molecule has 3 aromatic carbocycles. The van der Waals surface area contributed by atoms with Gasteiger partial charge in [-0.2, -0.15) is 0 Å². The van der Waals surface area contributed by atoms with Gasteiger partial charge in [0.05, 0.1) is 0 Å². The van der Waals surface area contributed by atoms with Crippen molar-refractivity contribution in [2.24, 2.45) is 0 Å². The molecule has 0 unspecified atom stereocenters. The van der Waals surface area contributed by atoms with Crippen molar-refractivity contribution in [2.45, 2.75) is 25.5 Å². The first-order valence-corrected chi connectivity index (χ1v) is 10.6. The number of rotatable bonds is 7. The lowest BCUT2D eigenvalue weighted by Gasteiger charge is -2.16. The average molecular weight is 428 g/mol. The maximum atomic E-state index is 12.3. The molecule has 0 aromatic heterocycles.